The highest BCUT2D eigenvalue weighted by molar-refractivity contribution is 5.94. The Kier molecular flexibility index (Phi) is 8.27. The number of nitrogens with one attached hydrogen (secondary N) is 1. The lowest BCUT2D eigenvalue weighted by atomic mass is 10.2. The minimum Gasteiger partial charge on any atom is -0.495 e. The Morgan fingerprint density at radius 3 is 2.36 bits per heavy atom. The van der Waals surface area contributed by atoms with E-state index < -0.39 is 0 Å². The maximum absolute atomic E-state index is 12.2. The number of benzene rings is 1. The van der Waals surface area contributed by atoms with Gasteiger partial charge < -0.3 is 25.3 Å². The zero-order valence-corrected chi connectivity index (χ0v) is 13.4. The van der Waals surface area contributed by atoms with Crippen molar-refractivity contribution in [3.8, 4) is 5.75 Å². The van der Waals surface area contributed by atoms with Gasteiger partial charge in [-0.05, 0) is 18.2 Å². The van der Waals surface area contributed by atoms with Crippen molar-refractivity contribution in [1.82, 2.24) is 4.90 Å². The highest BCUT2D eigenvalue weighted by Crippen LogP contribution is 2.26. The van der Waals surface area contributed by atoms with Crippen LogP contribution in [0.3, 0.4) is 0 Å². The van der Waals surface area contributed by atoms with Gasteiger partial charge in [0.05, 0.1) is 32.6 Å². The number of nitrogen functional groups attached to an aromatic ring is 1. The number of ether oxygens (including phenoxy) is 3. The van der Waals surface area contributed by atoms with E-state index in [0.29, 0.717) is 43.4 Å². The smallest absolute Gasteiger partial charge is 0.238 e. The molecule has 0 saturated carbocycles. The molecule has 0 aromatic heterocycles. The Morgan fingerprint density at radius 1 is 1.18 bits per heavy atom. The van der Waals surface area contributed by atoms with Crippen molar-refractivity contribution in [2.75, 3.05) is 65.2 Å². The van der Waals surface area contributed by atoms with E-state index in [9.17, 15) is 4.79 Å². The van der Waals surface area contributed by atoms with Gasteiger partial charge in [-0.3, -0.25) is 9.69 Å². The van der Waals surface area contributed by atoms with Crippen LogP contribution in [0.2, 0.25) is 0 Å². The van der Waals surface area contributed by atoms with Gasteiger partial charge in [0.2, 0.25) is 5.91 Å². The molecule has 0 aliphatic heterocycles. The normalized spacial score (nSPS) is 10.7. The third-order valence-corrected chi connectivity index (χ3v) is 3.09. The third-order valence-electron chi connectivity index (χ3n) is 3.09. The summed E-state index contributed by atoms with van der Waals surface area (Å²) in [5.74, 6) is 0.430. The van der Waals surface area contributed by atoms with Gasteiger partial charge in [0.1, 0.15) is 5.75 Å². The van der Waals surface area contributed by atoms with Gasteiger partial charge in [-0.2, -0.15) is 0 Å². The van der Waals surface area contributed by atoms with Gasteiger partial charge in [-0.25, -0.2) is 0 Å². The van der Waals surface area contributed by atoms with E-state index in [4.69, 9.17) is 19.9 Å². The highest BCUT2D eigenvalue weighted by Gasteiger charge is 2.13. The van der Waals surface area contributed by atoms with Crippen molar-refractivity contribution in [1.29, 1.82) is 0 Å². The van der Waals surface area contributed by atoms with Crippen molar-refractivity contribution < 1.29 is 19.0 Å². The van der Waals surface area contributed by atoms with Gasteiger partial charge in [0.15, 0.2) is 0 Å². The first-order valence-electron chi connectivity index (χ1n) is 7.04. The first kappa shape index (κ1) is 18.2. The second-order valence-electron chi connectivity index (χ2n) is 4.77. The Balaban J connectivity index is 2.63. The standard InChI is InChI=1S/C15H25N3O4/c1-20-8-6-18(7-9-21-2)11-15(19)17-13-10-12(16)4-5-14(13)22-3/h4-5,10H,6-9,11,16H2,1-3H3,(H,17,19). The quantitative estimate of drug-likeness (QED) is 0.622. The Bertz CT molecular complexity index is 460. The third kappa shape index (κ3) is 6.30. The van der Waals surface area contributed by atoms with E-state index in [2.05, 4.69) is 5.32 Å². The molecule has 0 aliphatic rings. The van der Waals surface area contributed by atoms with E-state index in [0.717, 1.165) is 0 Å². The summed E-state index contributed by atoms with van der Waals surface area (Å²) in [6, 6.07) is 5.11. The fourth-order valence-corrected chi connectivity index (χ4v) is 1.93. The first-order chi connectivity index (χ1) is 10.6. The molecule has 0 saturated heterocycles. The molecular formula is C15H25N3O4. The summed E-state index contributed by atoms with van der Waals surface area (Å²) in [5, 5.41) is 2.82. The fraction of sp³-hybridized carbons (Fsp3) is 0.533. The Labute approximate surface area is 131 Å². The number of methoxy groups -OCH3 is 3. The van der Waals surface area contributed by atoms with Crippen LogP contribution in [0.5, 0.6) is 5.75 Å². The summed E-state index contributed by atoms with van der Waals surface area (Å²) >= 11 is 0. The van der Waals surface area contributed by atoms with Crippen molar-refractivity contribution in [2.45, 2.75) is 0 Å². The lowest BCUT2D eigenvalue weighted by Crippen LogP contribution is -2.37. The molecule has 7 heteroatoms. The Hall–Kier alpha value is -1.83. The van der Waals surface area contributed by atoms with Crippen LogP contribution in [-0.2, 0) is 14.3 Å². The fourth-order valence-electron chi connectivity index (χ4n) is 1.93. The van der Waals surface area contributed by atoms with E-state index in [1.54, 1.807) is 39.5 Å². The molecule has 3 N–H and O–H groups in total. The second-order valence-corrected chi connectivity index (χ2v) is 4.77. The number of anilines is 2. The van der Waals surface area contributed by atoms with Gasteiger partial charge in [0, 0.05) is 33.0 Å². The molecule has 1 aromatic rings. The minimum atomic E-state index is -0.142. The van der Waals surface area contributed by atoms with Gasteiger partial charge in [-0.1, -0.05) is 0 Å². The summed E-state index contributed by atoms with van der Waals surface area (Å²) in [6.45, 7) is 2.66. The lowest BCUT2D eigenvalue weighted by molar-refractivity contribution is -0.117. The summed E-state index contributed by atoms with van der Waals surface area (Å²) < 4.78 is 15.3. The van der Waals surface area contributed by atoms with Crippen LogP contribution in [0, 0.1) is 0 Å². The van der Waals surface area contributed by atoms with Gasteiger partial charge in [0.25, 0.3) is 0 Å². The molecule has 0 bridgehead atoms. The number of nitrogens with zero attached hydrogens (tertiary/aromatic N) is 1. The molecule has 0 radical (unpaired) electrons. The van der Waals surface area contributed by atoms with Crippen molar-refractivity contribution in [3.63, 3.8) is 0 Å². The van der Waals surface area contributed by atoms with Crippen LogP contribution in [0.4, 0.5) is 11.4 Å². The van der Waals surface area contributed by atoms with Crippen molar-refractivity contribution in [3.05, 3.63) is 18.2 Å². The van der Waals surface area contributed by atoms with E-state index >= 15 is 0 Å². The van der Waals surface area contributed by atoms with E-state index in [1.807, 2.05) is 4.90 Å². The maximum Gasteiger partial charge on any atom is 0.238 e. The number of hydrogen-bond donors (Lipinski definition) is 2. The monoisotopic (exact) mass is 311 g/mol. The zero-order valence-electron chi connectivity index (χ0n) is 13.4. The molecule has 7 nitrogen and oxygen atoms in total. The molecule has 124 valence electrons. The number of hydrogen-bond acceptors (Lipinski definition) is 6. The summed E-state index contributed by atoms with van der Waals surface area (Å²) in [7, 11) is 4.81. The molecule has 1 amide bonds. The van der Waals surface area contributed by atoms with Crippen LogP contribution in [0.15, 0.2) is 18.2 Å². The lowest BCUT2D eigenvalue weighted by Gasteiger charge is -2.21. The number of carbonyl (C=O) groups excluding carboxylic acids is 1. The molecule has 0 heterocycles. The number of rotatable bonds is 10. The first-order valence-corrected chi connectivity index (χ1v) is 7.04. The number of nitrogens with two attached hydrogens (primary N) is 1. The molecule has 1 rings (SSSR count). The van der Waals surface area contributed by atoms with Crippen molar-refractivity contribution in [2.24, 2.45) is 0 Å². The second kappa shape index (κ2) is 9.99. The molecule has 0 spiro atoms. The molecule has 0 unspecified atom stereocenters. The minimum absolute atomic E-state index is 0.142. The van der Waals surface area contributed by atoms with Crippen LogP contribution in [-0.4, -0.2) is 65.0 Å². The molecule has 0 atom stereocenters. The molecule has 22 heavy (non-hydrogen) atoms. The van der Waals surface area contributed by atoms with E-state index in [-0.39, 0.29) is 12.5 Å². The predicted octanol–water partition coefficient (Wildman–Crippen LogP) is 0.811. The molecule has 1 aromatic carbocycles. The Morgan fingerprint density at radius 2 is 1.82 bits per heavy atom. The topological polar surface area (TPSA) is 86.1 Å². The molecular weight excluding hydrogens is 286 g/mol. The van der Waals surface area contributed by atoms with Crippen LogP contribution in [0.1, 0.15) is 0 Å². The molecule has 0 fully saturated rings. The predicted molar refractivity (Wildman–Crippen MR) is 86.2 cm³/mol. The van der Waals surface area contributed by atoms with Crippen molar-refractivity contribution >= 4 is 17.3 Å². The summed E-state index contributed by atoms with van der Waals surface area (Å²) in [4.78, 5) is 14.2. The van der Waals surface area contributed by atoms with Crippen LogP contribution in [0.25, 0.3) is 0 Å². The average Bonchev–Trinajstić information content (AvgIpc) is 2.50. The molecule has 0 aliphatic carbocycles. The van der Waals surface area contributed by atoms with Gasteiger partial charge in [-0.15, -0.1) is 0 Å². The van der Waals surface area contributed by atoms with Gasteiger partial charge >= 0.3 is 0 Å². The summed E-state index contributed by atoms with van der Waals surface area (Å²) in [6.07, 6.45) is 0. The SMILES string of the molecule is COCCN(CCOC)CC(=O)Nc1cc(N)ccc1OC. The largest absolute Gasteiger partial charge is 0.495 e. The summed E-state index contributed by atoms with van der Waals surface area (Å²) in [5.41, 5.74) is 6.86. The van der Waals surface area contributed by atoms with Crippen LogP contribution < -0.4 is 15.8 Å². The maximum atomic E-state index is 12.2. The number of carbonyl (C=O) groups is 1. The zero-order chi connectivity index (χ0) is 16.4. The number of amides is 1. The van der Waals surface area contributed by atoms with Crippen LogP contribution >= 0.6 is 0 Å². The average molecular weight is 311 g/mol. The highest BCUT2D eigenvalue weighted by atomic mass is 16.5. The van der Waals surface area contributed by atoms with E-state index in [1.165, 1.54) is 0 Å².